The minimum atomic E-state index is -0.474. The smallest absolute Gasteiger partial charge is 0.234 e. The molecule has 0 spiro atoms. The van der Waals surface area contributed by atoms with Crippen molar-refractivity contribution >= 4 is 60.1 Å². The van der Waals surface area contributed by atoms with Crippen LogP contribution in [0.25, 0.3) is 10.2 Å². The Morgan fingerprint density at radius 1 is 1.23 bits per heavy atom. The molecule has 2 amide bonds. The molecule has 3 aromatic rings. The zero-order chi connectivity index (χ0) is 22.1. The molecule has 2 aromatic carbocycles. The van der Waals surface area contributed by atoms with Gasteiger partial charge in [-0.25, -0.2) is 9.37 Å². The Hall–Kier alpha value is -2.36. The Balaban J connectivity index is 1.59. The van der Waals surface area contributed by atoms with Crippen molar-refractivity contribution in [2.24, 2.45) is 5.92 Å². The number of hydrogen-bond donors (Lipinski definition) is 0. The fourth-order valence-electron chi connectivity index (χ4n) is 3.57. The van der Waals surface area contributed by atoms with Gasteiger partial charge in [-0.2, -0.15) is 0 Å². The molecule has 1 saturated heterocycles. The Morgan fingerprint density at radius 2 is 1.97 bits per heavy atom. The van der Waals surface area contributed by atoms with Crippen molar-refractivity contribution < 1.29 is 14.0 Å². The Kier molecular flexibility index (Phi) is 6.36. The Morgan fingerprint density at radius 3 is 2.68 bits per heavy atom. The highest BCUT2D eigenvalue weighted by molar-refractivity contribution is 9.10. The van der Waals surface area contributed by atoms with Gasteiger partial charge in [0.15, 0.2) is 5.13 Å². The second kappa shape index (κ2) is 9.02. The van der Waals surface area contributed by atoms with E-state index in [1.165, 1.54) is 23.5 Å². The summed E-state index contributed by atoms with van der Waals surface area (Å²) in [7, 11) is 3.90. The van der Waals surface area contributed by atoms with Crippen molar-refractivity contribution in [3.05, 3.63) is 52.8 Å². The topological polar surface area (TPSA) is 56.8 Å². The molecule has 9 heteroatoms. The monoisotopic (exact) mass is 504 g/mol. The number of nitrogens with zero attached hydrogens (tertiary/aromatic N) is 4. The maximum atomic E-state index is 13.5. The lowest BCUT2D eigenvalue weighted by atomic mass is 10.1. The van der Waals surface area contributed by atoms with Crippen LogP contribution in [-0.2, 0) is 9.59 Å². The van der Waals surface area contributed by atoms with Crippen LogP contribution >= 0.6 is 27.3 Å². The number of halogens is 2. The van der Waals surface area contributed by atoms with E-state index >= 15 is 0 Å². The van der Waals surface area contributed by atoms with Gasteiger partial charge < -0.3 is 9.80 Å². The van der Waals surface area contributed by atoms with Crippen LogP contribution in [0.15, 0.2) is 46.9 Å². The summed E-state index contributed by atoms with van der Waals surface area (Å²) in [5, 5.41) is 0.632. The number of carbonyl (C=O) groups excluding carboxylic acids is 2. The summed E-state index contributed by atoms with van der Waals surface area (Å²) in [5.41, 5.74) is 1.44. The van der Waals surface area contributed by atoms with Crippen molar-refractivity contribution in [1.82, 2.24) is 9.88 Å². The van der Waals surface area contributed by atoms with E-state index in [0.29, 0.717) is 23.9 Å². The van der Waals surface area contributed by atoms with Crippen molar-refractivity contribution in [1.29, 1.82) is 0 Å². The summed E-state index contributed by atoms with van der Waals surface area (Å²) in [4.78, 5) is 36.1. The number of benzene rings is 2. The lowest BCUT2D eigenvalue weighted by molar-refractivity contribution is -0.124. The molecular weight excluding hydrogens is 483 g/mol. The molecule has 0 bridgehead atoms. The molecule has 1 aromatic heterocycles. The van der Waals surface area contributed by atoms with Gasteiger partial charge in [0.2, 0.25) is 11.8 Å². The third kappa shape index (κ3) is 4.78. The first kappa shape index (κ1) is 21.9. The number of likely N-dealkylation sites (N-methyl/N-ethyl adjacent to an activating group) is 1. The summed E-state index contributed by atoms with van der Waals surface area (Å²) < 4.78 is 15.2. The standard InChI is InChI=1S/C22H22BrFN4O2S/c1-26(2)9-10-27(22-25-18-8-3-15(23)12-19(18)31-22)21(30)14-11-20(29)28(13-14)17-6-4-16(24)5-7-17/h3-8,12,14H,9-11,13H2,1-2H3. The summed E-state index contributed by atoms with van der Waals surface area (Å²) in [6, 6.07) is 11.6. The van der Waals surface area contributed by atoms with Gasteiger partial charge in [-0.05, 0) is 56.6 Å². The fourth-order valence-corrected chi connectivity index (χ4v) is 5.11. The minimum absolute atomic E-state index is 0.113. The lowest BCUT2D eigenvalue weighted by Crippen LogP contribution is -2.41. The van der Waals surface area contributed by atoms with Gasteiger partial charge in [-0.3, -0.25) is 14.5 Å². The molecule has 0 aliphatic carbocycles. The van der Waals surface area contributed by atoms with Crippen molar-refractivity contribution in [3.8, 4) is 0 Å². The minimum Gasteiger partial charge on any atom is -0.312 e. The molecule has 4 rings (SSSR count). The SMILES string of the molecule is CN(C)CCN(C(=O)C1CC(=O)N(c2ccc(F)cc2)C1)c1nc2ccc(Br)cc2s1. The first-order chi connectivity index (χ1) is 14.8. The summed E-state index contributed by atoms with van der Waals surface area (Å²) in [6.07, 6.45) is 0.130. The molecule has 0 saturated carbocycles. The van der Waals surface area contributed by atoms with Crippen LogP contribution in [0.3, 0.4) is 0 Å². The van der Waals surface area contributed by atoms with E-state index in [4.69, 9.17) is 0 Å². The average Bonchev–Trinajstić information content (AvgIpc) is 3.31. The van der Waals surface area contributed by atoms with Gasteiger partial charge in [0, 0.05) is 36.2 Å². The third-order valence-electron chi connectivity index (χ3n) is 5.22. The Bertz CT molecular complexity index is 1120. The summed E-state index contributed by atoms with van der Waals surface area (Å²) in [6.45, 7) is 1.43. The van der Waals surface area contributed by atoms with E-state index in [0.717, 1.165) is 14.7 Å². The van der Waals surface area contributed by atoms with E-state index in [1.54, 1.807) is 21.9 Å². The Labute approximate surface area is 192 Å². The average molecular weight is 505 g/mol. The van der Waals surface area contributed by atoms with Crippen molar-refractivity contribution in [2.45, 2.75) is 6.42 Å². The summed E-state index contributed by atoms with van der Waals surface area (Å²) in [5.74, 6) is -1.08. The highest BCUT2D eigenvalue weighted by atomic mass is 79.9. The van der Waals surface area contributed by atoms with Crippen LogP contribution in [0, 0.1) is 11.7 Å². The number of amides is 2. The molecule has 6 nitrogen and oxygen atoms in total. The first-order valence-electron chi connectivity index (χ1n) is 9.90. The maximum absolute atomic E-state index is 13.5. The van der Waals surface area contributed by atoms with Crippen LogP contribution in [0.1, 0.15) is 6.42 Å². The molecular formula is C22H22BrFN4O2S. The number of rotatable bonds is 6. The second-order valence-electron chi connectivity index (χ2n) is 7.78. The summed E-state index contributed by atoms with van der Waals surface area (Å²) >= 11 is 4.94. The molecule has 1 unspecified atom stereocenters. The van der Waals surface area contributed by atoms with E-state index in [9.17, 15) is 14.0 Å². The van der Waals surface area contributed by atoms with Crippen molar-refractivity contribution in [2.75, 3.05) is 43.5 Å². The van der Waals surface area contributed by atoms with E-state index in [1.807, 2.05) is 37.2 Å². The third-order valence-corrected chi connectivity index (χ3v) is 6.75. The van der Waals surface area contributed by atoms with E-state index in [2.05, 4.69) is 20.9 Å². The lowest BCUT2D eigenvalue weighted by Gasteiger charge is -2.24. The molecule has 31 heavy (non-hydrogen) atoms. The normalized spacial score (nSPS) is 16.5. The van der Waals surface area contributed by atoms with Crippen LogP contribution in [0.4, 0.5) is 15.2 Å². The maximum Gasteiger partial charge on any atom is 0.234 e. The van der Waals surface area contributed by atoms with E-state index < -0.39 is 5.92 Å². The molecule has 0 radical (unpaired) electrons. The largest absolute Gasteiger partial charge is 0.312 e. The first-order valence-corrected chi connectivity index (χ1v) is 11.5. The molecule has 0 N–H and O–H groups in total. The van der Waals surface area contributed by atoms with Crippen LogP contribution < -0.4 is 9.80 Å². The van der Waals surface area contributed by atoms with Gasteiger partial charge in [0.05, 0.1) is 16.1 Å². The molecule has 2 heterocycles. The molecule has 1 aliphatic rings. The van der Waals surface area contributed by atoms with Crippen LogP contribution in [-0.4, -0.2) is 55.4 Å². The van der Waals surface area contributed by atoms with E-state index in [-0.39, 0.29) is 30.6 Å². The molecule has 1 fully saturated rings. The second-order valence-corrected chi connectivity index (χ2v) is 9.71. The van der Waals surface area contributed by atoms with Gasteiger partial charge >= 0.3 is 0 Å². The zero-order valence-corrected chi connectivity index (χ0v) is 19.6. The van der Waals surface area contributed by atoms with Crippen molar-refractivity contribution in [3.63, 3.8) is 0 Å². The number of fused-ring (bicyclic) bond motifs is 1. The number of carbonyl (C=O) groups is 2. The molecule has 1 aliphatic heterocycles. The number of aromatic nitrogens is 1. The quantitative estimate of drug-likeness (QED) is 0.506. The number of anilines is 2. The predicted molar refractivity (Wildman–Crippen MR) is 125 cm³/mol. The zero-order valence-electron chi connectivity index (χ0n) is 17.2. The van der Waals surface area contributed by atoms with Gasteiger partial charge in [0.25, 0.3) is 0 Å². The van der Waals surface area contributed by atoms with Crippen LogP contribution in [0.5, 0.6) is 0 Å². The molecule has 162 valence electrons. The van der Waals surface area contributed by atoms with Gasteiger partial charge in [0.1, 0.15) is 5.82 Å². The highest BCUT2D eigenvalue weighted by Crippen LogP contribution is 2.33. The van der Waals surface area contributed by atoms with Gasteiger partial charge in [-0.15, -0.1) is 0 Å². The predicted octanol–water partition coefficient (Wildman–Crippen LogP) is 4.15. The number of hydrogen-bond acceptors (Lipinski definition) is 5. The fraction of sp³-hybridized carbons (Fsp3) is 0.318. The highest BCUT2D eigenvalue weighted by Gasteiger charge is 2.38. The van der Waals surface area contributed by atoms with Gasteiger partial charge in [-0.1, -0.05) is 27.3 Å². The van der Waals surface area contributed by atoms with Crippen LogP contribution in [0.2, 0.25) is 0 Å². The molecule has 1 atom stereocenters. The number of thiazole rings is 1.